The fraction of sp³-hybridized carbons (Fsp3) is 0.258. The second-order valence-corrected chi connectivity index (χ2v) is 9.98. The lowest BCUT2D eigenvalue weighted by molar-refractivity contribution is -0.0533. The van der Waals surface area contributed by atoms with E-state index in [2.05, 4.69) is 20.5 Å². The van der Waals surface area contributed by atoms with E-state index in [0.29, 0.717) is 30.7 Å². The number of benzene rings is 2. The number of fused-ring (bicyclic) bond motifs is 1. The van der Waals surface area contributed by atoms with Crippen LogP contribution in [0.25, 0.3) is 27.7 Å². The van der Waals surface area contributed by atoms with Crippen molar-refractivity contribution < 1.29 is 13.6 Å². The molecule has 9 heteroatoms. The number of nitrogens with zero attached hydrogens (tertiary/aromatic N) is 3. The number of pyridine rings is 1. The Balaban J connectivity index is 1.33. The number of likely N-dealkylation sites (tertiary alicyclic amines) is 1. The van der Waals surface area contributed by atoms with Crippen LogP contribution in [0.15, 0.2) is 84.7 Å². The topological polar surface area (TPSA) is 99.9 Å². The number of anilines is 1. The molecule has 0 atom stereocenters. The molecule has 2 aromatic carbocycles. The van der Waals surface area contributed by atoms with Gasteiger partial charge in [0.2, 0.25) is 0 Å². The Bertz CT molecular complexity index is 1530. The van der Waals surface area contributed by atoms with Gasteiger partial charge < -0.3 is 11.1 Å². The Morgan fingerprint density at radius 1 is 1.12 bits per heavy atom. The van der Waals surface area contributed by atoms with Crippen molar-refractivity contribution in [3.63, 3.8) is 0 Å². The maximum atomic E-state index is 13.6. The summed E-state index contributed by atoms with van der Waals surface area (Å²) in [4.78, 5) is 19.6. The van der Waals surface area contributed by atoms with Gasteiger partial charge in [0.25, 0.3) is 11.8 Å². The quantitative estimate of drug-likeness (QED) is 0.229. The van der Waals surface area contributed by atoms with Gasteiger partial charge in [-0.3, -0.25) is 19.8 Å². The first-order chi connectivity index (χ1) is 19.3. The van der Waals surface area contributed by atoms with Crippen LogP contribution in [0.3, 0.4) is 0 Å². The van der Waals surface area contributed by atoms with Crippen molar-refractivity contribution in [1.82, 2.24) is 20.1 Å². The van der Waals surface area contributed by atoms with Gasteiger partial charge in [0.1, 0.15) is 0 Å². The largest absolute Gasteiger partial charge is 0.404 e. The molecule has 0 spiro atoms. The van der Waals surface area contributed by atoms with Gasteiger partial charge in [-0.05, 0) is 53.6 Å². The Kier molecular flexibility index (Phi) is 8.02. The summed E-state index contributed by atoms with van der Waals surface area (Å²) < 4.78 is 27.1. The van der Waals surface area contributed by atoms with E-state index in [4.69, 9.17) is 5.73 Å². The van der Waals surface area contributed by atoms with Crippen molar-refractivity contribution in [2.75, 3.05) is 25.0 Å². The molecule has 4 aromatic rings. The minimum absolute atomic E-state index is 0.134. The first kappa shape index (κ1) is 27.2. The number of rotatable bonds is 8. The van der Waals surface area contributed by atoms with Gasteiger partial charge in [0.15, 0.2) is 5.69 Å². The van der Waals surface area contributed by atoms with Crippen LogP contribution in [0.1, 0.15) is 42.2 Å². The molecule has 0 bridgehead atoms. The number of H-pyrrole nitrogens is 1. The summed E-state index contributed by atoms with van der Waals surface area (Å²) in [7, 11) is 0. The molecule has 0 radical (unpaired) electrons. The van der Waals surface area contributed by atoms with Gasteiger partial charge in [0, 0.05) is 43.4 Å². The third-order valence-electron chi connectivity index (χ3n) is 7.19. The maximum Gasteiger partial charge on any atom is 0.276 e. The van der Waals surface area contributed by atoms with Crippen LogP contribution < -0.4 is 11.1 Å². The number of carbonyl (C=O) groups excluding carboxylic acids is 1. The number of nitrogens with two attached hydrogens (primary N) is 1. The van der Waals surface area contributed by atoms with E-state index in [-0.39, 0.29) is 24.4 Å². The van der Waals surface area contributed by atoms with Gasteiger partial charge in [-0.15, -0.1) is 0 Å². The van der Waals surface area contributed by atoms with Gasteiger partial charge in [-0.2, -0.15) is 5.10 Å². The summed E-state index contributed by atoms with van der Waals surface area (Å²) in [5.41, 5.74) is 12.1. The molecule has 1 aliphatic rings. The zero-order chi connectivity index (χ0) is 28.1. The number of piperidine rings is 1. The molecular formula is C31H32F2N6O. The highest BCUT2D eigenvalue weighted by molar-refractivity contribution is 6.11. The molecule has 1 amide bonds. The van der Waals surface area contributed by atoms with Crippen molar-refractivity contribution in [3.8, 4) is 11.3 Å². The molecule has 2 aromatic heterocycles. The van der Waals surface area contributed by atoms with Crippen LogP contribution in [0.2, 0.25) is 0 Å². The molecule has 0 unspecified atom stereocenters. The highest BCUT2D eigenvalue weighted by Gasteiger charge is 2.33. The predicted octanol–water partition coefficient (Wildman–Crippen LogP) is 6.24. The smallest absolute Gasteiger partial charge is 0.276 e. The van der Waals surface area contributed by atoms with Crippen molar-refractivity contribution in [3.05, 3.63) is 96.0 Å². The summed E-state index contributed by atoms with van der Waals surface area (Å²) in [5.74, 6) is -2.93. The Labute approximate surface area is 231 Å². The number of alkyl halides is 2. The van der Waals surface area contributed by atoms with Crippen LogP contribution in [0.4, 0.5) is 14.5 Å². The number of carbonyl (C=O) groups is 1. The number of hydrogen-bond donors (Lipinski definition) is 3. The first-order valence-corrected chi connectivity index (χ1v) is 13.4. The van der Waals surface area contributed by atoms with Gasteiger partial charge in [-0.1, -0.05) is 49.4 Å². The minimum Gasteiger partial charge on any atom is -0.404 e. The summed E-state index contributed by atoms with van der Waals surface area (Å²) in [6, 6.07) is 19.3. The third kappa shape index (κ3) is 6.26. The van der Waals surface area contributed by atoms with E-state index in [1.54, 1.807) is 6.20 Å². The fourth-order valence-corrected chi connectivity index (χ4v) is 4.88. The number of nitrogens with one attached hydrogen (secondary N) is 2. The molecule has 1 saturated heterocycles. The van der Waals surface area contributed by atoms with Crippen LogP contribution in [0.5, 0.6) is 0 Å². The monoisotopic (exact) mass is 542 g/mol. The lowest BCUT2D eigenvalue weighted by atomic mass is 9.98. The highest BCUT2D eigenvalue weighted by atomic mass is 19.3. The van der Waals surface area contributed by atoms with Gasteiger partial charge in [-0.25, -0.2) is 8.78 Å². The molecule has 7 nitrogen and oxygen atoms in total. The zero-order valence-corrected chi connectivity index (χ0v) is 22.3. The molecule has 206 valence electrons. The summed E-state index contributed by atoms with van der Waals surface area (Å²) >= 11 is 0. The van der Waals surface area contributed by atoms with E-state index >= 15 is 0 Å². The van der Waals surface area contributed by atoms with Crippen LogP contribution >= 0.6 is 0 Å². The maximum absolute atomic E-state index is 13.6. The van der Waals surface area contributed by atoms with Crippen LogP contribution in [0, 0.1) is 0 Å². The second-order valence-electron chi connectivity index (χ2n) is 9.98. The lowest BCUT2D eigenvalue weighted by Gasteiger charge is -2.31. The van der Waals surface area contributed by atoms with Crippen LogP contribution in [-0.4, -0.2) is 51.5 Å². The molecule has 4 N–H and O–H groups in total. The van der Waals surface area contributed by atoms with Gasteiger partial charge in [0.05, 0.1) is 23.1 Å². The van der Waals surface area contributed by atoms with Crippen molar-refractivity contribution in [2.45, 2.75) is 32.1 Å². The van der Waals surface area contributed by atoms with E-state index in [1.165, 1.54) is 6.20 Å². The SMILES string of the molecule is CC/C(=C\C(=C/N)CN1CCC(F)(F)CC1)c1ccc2[nH]nc(C(=O)Nc3ccc(-c4ccccc4)nc3)c2c1. The molecular weight excluding hydrogens is 510 g/mol. The summed E-state index contributed by atoms with van der Waals surface area (Å²) in [5, 5.41) is 10.8. The normalized spacial score (nSPS) is 16.3. The minimum atomic E-state index is -2.58. The van der Waals surface area contributed by atoms with Gasteiger partial charge >= 0.3 is 0 Å². The molecule has 1 aliphatic heterocycles. The molecule has 0 saturated carbocycles. The van der Waals surface area contributed by atoms with E-state index in [9.17, 15) is 13.6 Å². The highest BCUT2D eigenvalue weighted by Crippen LogP contribution is 2.29. The third-order valence-corrected chi connectivity index (χ3v) is 7.19. The summed E-state index contributed by atoms with van der Waals surface area (Å²) in [6.45, 7) is 3.22. The number of amides is 1. The summed E-state index contributed by atoms with van der Waals surface area (Å²) in [6.07, 6.45) is 5.62. The molecule has 5 rings (SSSR count). The zero-order valence-electron chi connectivity index (χ0n) is 22.3. The Morgan fingerprint density at radius 2 is 1.90 bits per heavy atom. The Morgan fingerprint density at radius 3 is 2.58 bits per heavy atom. The van der Waals surface area contributed by atoms with E-state index in [1.807, 2.05) is 78.6 Å². The average molecular weight is 543 g/mol. The first-order valence-electron chi connectivity index (χ1n) is 13.4. The predicted molar refractivity (Wildman–Crippen MR) is 155 cm³/mol. The average Bonchev–Trinajstić information content (AvgIpc) is 3.40. The Hall–Kier alpha value is -4.37. The van der Waals surface area contributed by atoms with Crippen LogP contribution in [-0.2, 0) is 0 Å². The van der Waals surface area contributed by atoms with E-state index < -0.39 is 5.92 Å². The molecule has 40 heavy (non-hydrogen) atoms. The number of allylic oxidation sites excluding steroid dienone is 1. The standard InChI is InChI=1S/C31H32F2N6O/c1-2-22(16-21(18-34)20-39-14-12-31(32,33)13-15-39)24-8-10-28-26(17-24)29(38-37-28)30(40)36-25-9-11-27(35-19-25)23-6-4-3-5-7-23/h3-11,16-19H,2,12-15,20,34H2,1H3,(H,36,40)(H,37,38)/b21-18+,22-16+. The lowest BCUT2D eigenvalue weighted by Crippen LogP contribution is -2.40. The van der Waals surface area contributed by atoms with Crippen molar-refractivity contribution >= 4 is 28.1 Å². The second kappa shape index (κ2) is 11.8. The number of hydrogen-bond acceptors (Lipinski definition) is 5. The molecule has 3 heterocycles. The molecule has 1 fully saturated rings. The van der Waals surface area contributed by atoms with Crippen molar-refractivity contribution in [1.29, 1.82) is 0 Å². The fourth-order valence-electron chi connectivity index (χ4n) is 4.88. The number of aromatic nitrogens is 3. The van der Waals surface area contributed by atoms with E-state index in [0.717, 1.165) is 39.9 Å². The number of halogens is 2. The molecule has 0 aliphatic carbocycles. The van der Waals surface area contributed by atoms with Crippen molar-refractivity contribution in [2.24, 2.45) is 5.73 Å². The number of aromatic amines is 1.